The van der Waals surface area contributed by atoms with Gasteiger partial charge in [0.05, 0.1) is 18.3 Å². The Kier molecular flexibility index (Phi) is 2.51. The van der Waals surface area contributed by atoms with Crippen molar-refractivity contribution < 1.29 is 14.6 Å². The molecule has 2 heterocycles. The maximum Gasteiger partial charge on any atom is 0.168 e. The van der Waals surface area contributed by atoms with Gasteiger partial charge in [0.2, 0.25) is 0 Å². The zero-order chi connectivity index (χ0) is 11.2. The largest absolute Gasteiger partial charge is 0.388 e. The Morgan fingerprint density at radius 1 is 1.31 bits per heavy atom. The zero-order valence-corrected chi connectivity index (χ0v) is 9.95. The van der Waals surface area contributed by atoms with Crippen molar-refractivity contribution in [3.8, 4) is 0 Å². The molecule has 1 spiro atoms. The fourth-order valence-corrected chi connectivity index (χ4v) is 3.22. The summed E-state index contributed by atoms with van der Waals surface area (Å²) in [5.74, 6) is -0.238. The molecule has 1 saturated carbocycles. The highest BCUT2D eigenvalue weighted by atomic mass is 16.7. The van der Waals surface area contributed by atoms with Gasteiger partial charge >= 0.3 is 0 Å². The molecule has 4 heteroatoms. The van der Waals surface area contributed by atoms with E-state index in [1.165, 1.54) is 12.8 Å². The van der Waals surface area contributed by atoms with Crippen LogP contribution in [0.5, 0.6) is 0 Å². The monoisotopic (exact) mass is 227 g/mol. The molecular formula is C12H21NO3. The van der Waals surface area contributed by atoms with Crippen LogP contribution in [0, 0.1) is 0 Å². The van der Waals surface area contributed by atoms with Crippen molar-refractivity contribution in [3.05, 3.63) is 0 Å². The van der Waals surface area contributed by atoms with Crippen LogP contribution in [-0.4, -0.2) is 53.7 Å². The number of β-amino-alcohol motifs (C(OH)–C–C–N with tert-alkyl or cyclic N) is 1. The van der Waals surface area contributed by atoms with Crippen LogP contribution in [0.2, 0.25) is 0 Å². The number of nitrogens with zero attached hydrogens (tertiary/aromatic N) is 1. The minimum atomic E-state index is -0.482. The number of hydrogen-bond donors (Lipinski definition) is 1. The number of aliphatic hydroxyl groups is 1. The summed E-state index contributed by atoms with van der Waals surface area (Å²) in [6.07, 6.45) is 4.77. The van der Waals surface area contributed by atoms with Crippen LogP contribution in [0.3, 0.4) is 0 Å². The average molecular weight is 227 g/mol. The number of likely N-dealkylation sites (tertiary alicyclic amines) is 1. The maximum absolute atomic E-state index is 9.65. The SMILES string of the molecule is CC1(O)CN(CC2COC3(CCCC3)O2)C1. The predicted octanol–water partition coefficient (Wildman–Crippen LogP) is 0.739. The van der Waals surface area contributed by atoms with E-state index in [1.54, 1.807) is 0 Å². The molecule has 2 saturated heterocycles. The molecule has 3 rings (SSSR count). The molecule has 0 aromatic heterocycles. The zero-order valence-electron chi connectivity index (χ0n) is 9.95. The third-order valence-corrected chi connectivity index (χ3v) is 3.87. The summed E-state index contributed by atoms with van der Waals surface area (Å²) in [5.41, 5.74) is -0.482. The highest BCUT2D eigenvalue weighted by molar-refractivity contribution is 4.94. The normalized spacial score (nSPS) is 36.8. The van der Waals surface area contributed by atoms with Crippen molar-refractivity contribution >= 4 is 0 Å². The van der Waals surface area contributed by atoms with Crippen LogP contribution in [-0.2, 0) is 9.47 Å². The van der Waals surface area contributed by atoms with E-state index >= 15 is 0 Å². The van der Waals surface area contributed by atoms with Gasteiger partial charge < -0.3 is 14.6 Å². The summed E-state index contributed by atoms with van der Waals surface area (Å²) < 4.78 is 11.9. The fraction of sp³-hybridized carbons (Fsp3) is 1.00. The molecule has 92 valence electrons. The second-order valence-corrected chi connectivity index (χ2v) is 5.84. The van der Waals surface area contributed by atoms with Gasteiger partial charge in [0, 0.05) is 32.5 Å². The van der Waals surface area contributed by atoms with E-state index in [0.717, 1.165) is 39.1 Å². The van der Waals surface area contributed by atoms with Crippen molar-refractivity contribution in [3.63, 3.8) is 0 Å². The summed E-state index contributed by atoms with van der Waals surface area (Å²) in [4.78, 5) is 2.24. The molecule has 1 unspecified atom stereocenters. The van der Waals surface area contributed by atoms with E-state index in [1.807, 2.05) is 6.92 Å². The number of rotatable bonds is 2. The number of hydrogen-bond acceptors (Lipinski definition) is 4. The van der Waals surface area contributed by atoms with Crippen LogP contribution < -0.4 is 0 Å². The maximum atomic E-state index is 9.65. The molecule has 1 N–H and O–H groups in total. The first-order chi connectivity index (χ1) is 7.57. The van der Waals surface area contributed by atoms with E-state index < -0.39 is 5.60 Å². The van der Waals surface area contributed by atoms with Gasteiger partial charge in [0.25, 0.3) is 0 Å². The van der Waals surface area contributed by atoms with Crippen molar-refractivity contribution in [1.82, 2.24) is 4.90 Å². The summed E-state index contributed by atoms with van der Waals surface area (Å²) in [6.45, 7) is 5.03. The quantitative estimate of drug-likeness (QED) is 0.755. The Morgan fingerprint density at radius 3 is 2.62 bits per heavy atom. The topological polar surface area (TPSA) is 41.9 Å². The third kappa shape index (κ3) is 1.99. The molecule has 4 nitrogen and oxygen atoms in total. The standard InChI is InChI=1S/C12H21NO3/c1-11(14)8-13(9-11)6-10-7-15-12(16-10)4-2-3-5-12/h10,14H,2-9H2,1H3. The minimum absolute atomic E-state index is 0.203. The van der Waals surface area contributed by atoms with Crippen molar-refractivity contribution in [1.29, 1.82) is 0 Å². The van der Waals surface area contributed by atoms with Crippen LogP contribution in [0.25, 0.3) is 0 Å². The molecule has 1 aliphatic carbocycles. The minimum Gasteiger partial charge on any atom is -0.388 e. The van der Waals surface area contributed by atoms with E-state index in [0.29, 0.717) is 0 Å². The molecule has 0 amide bonds. The van der Waals surface area contributed by atoms with Crippen LogP contribution in [0.4, 0.5) is 0 Å². The van der Waals surface area contributed by atoms with Crippen molar-refractivity contribution in [2.45, 2.75) is 50.1 Å². The summed E-state index contributed by atoms with van der Waals surface area (Å²) >= 11 is 0. The molecule has 0 bridgehead atoms. The second-order valence-electron chi connectivity index (χ2n) is 5.84. The van der Waals surface area contributed by atoms with Gasteiger partial charge in [-0.15, -0.1) is 0 Å². The molecule has 3 aliphatic rings. The van der Waals surface area contributed by atoms with Gasteiger partial charge in [-0.2, -0.15) is 0 Å². The van der Waals surface area contributed by atoms with Gasteiger partial charge in [0.15, 0.2) is 5.79 Å². The Balaban J connectivity index is 1.48. The van der Waals surface area contributed by atoms with Gasteiger partial charge in [-0.3, -0.25) is 4.90 Å². The molecule has 0 aromatic carbocycles. The smallest absolute Gasteiger partial charge is 0.168 e. The predicted molar refractivity (Wildman–Crippen MR) is 59.1 cm³/mol. The lowest BCUT2D eigenvalue weighted by Gasteiger charge is -2.45. The molecule has 2 aliphatic heterocycles. The first-order valence-electron chi connectivity index (χ1n) is 6.34. The Labute approximate surface area is 96.5 Å². The lowest BCUT2D eigenvalue weighted by molar-refractivity contribution is -0.168. The van der Waals surface area contributed by atoms with Gasteiger partial charge in [0.1, 0.15) is 0 Å². The molecule has 0 radical (unpaired) electrons. The molecule has 3 fully saturated rings. The lowest BCUT2D eigenvalue weighted by Crippen LogP contribution is -2.61. The fourth-order valence-electron chi connectivity index (χ4n) is 3.22. The average Bonchev–Trinajstić information content (AvgIpc) is 2.75. The van der Waals surface area contributed by atoms with Crippen molar-refractivity contribution in [2.24, 2.45) is 0 Å². The van der Waals surface area contributed by atoms with Crippen molar-refractivity contribution in [2.75, 3.05) is 26.2 Å². The highest BCUT2D eigenvalue weighted by Crippen LogP contribution is 2.39. The van der Waals surface area contributed by atoms with Gasteiger partial charge in [-0.05, 0) is 19.8 Å². The van der Waals surface area contributed by atoms with Crippen LogP contribution >= 0.6 is 0 Å². The molecule has 16 heavy (non-hydrogen) atoms. The lowest BCUT2D eigenvalue weighted by atomic mass is 9.97. The molecular weight excluding hydrogens is 206 g/mol. The second kappa shape index (κ2) is 3.67. The summed E-state index contributed by atoms with van der Waals surface area (Å²) in [5, 5.41) is 9.65. The van der Waals surface area contributed by atoms with Crippen LogP contribution in [0.1, 0.15) is 32.6 Å². The van der Waals surface area contributed by atoms with E-state index in [9.17, 15) is 5.11 Å². The Hall–Kier alpha value is -0.160. The number of ether oxygens (including phenoxy) is 2. The Morgan fingerprint density at radius 2 is 2.00 bits per heavy atom. The van der Waals surface area contributed by atoms with E-state index in [4.69, 9.17) is 9.47 Å². The van der Waals surface area contributed by atoms with Crippen LogP contribution in [0.15, 0.2) is 0 Å². The van der Waals surface area contributed by atoms with Gasteiger partial charge in [-0.25, -0.2) is 0 Å². The van der Waals surface area contributed by atoms with E-state index in [-0.39, 0.29) is 11.9 Å². The summed E-state index contributed by atoms with van der Waals surface area (Å²) in [7, 11) is 0. The Bertz CT molecular complexity index is 265. The van der Waals surface area contributed by atoms with E-state index in [2.05, 4.69) is 4.90 Å². The molecule has 1 atom stereocenters. The first kappa shape index (κ1) is 11.0. The third-order valence-electron chi connectivity index (χ3n) is 3.87. The summed E-state index contributed by atoms with van der Waals surface area (Å²) in [6, 6.07) is 0. The van der Waals surface area contributed by atoms with Gasteiger partial charge in [-0.1, -0.05) is 0 Å². The molecule has 0 aromatic rings. The first-order valence-corrected chi connectivity index (χ1v) is 6.34. The highest BCUT2D eigenvalue weighted by Gasteiger charge is 2.45.